The molecule has 2 N–H and O–H groups in total. The summed E-state index contributed by atoms with van der Waals surface area (Å²) in [4.78, 5) is 27.8. The van der Waals surface area contributed by atoms with E-state index in [1.165, 1.54) is 41.1 Å². The molecule has 0 aliphatic heterocycles. The van der Waals surface area contributed by atoms with Crippen LogP contribution in [0.1, 0.15) is 26.3 Å². The molecule has 0 bridgehead atoms. The van der Waals surface area contributed by atoms with Crippen LogP contribution in [-0.4, -0.2) is 27.1 Å². The third kappa shape index (κ3) is 3.01. The van der Waals surface area contributed by atoms with Gasteiger partial charge in [-0.1, -0.05) is 12.1 Å². The van der Waals surface area contributed by atoms with Crippen LogP contribution in [0, 0.1) is 12.7 Å². The van der Waals surface area contributed by atoms with Crippen molar-refractivity contribution in [2.45, 2.75) is 6.92 Å². The van der Waals surface area contributed by atoms with Gasteiger partial charge in [0.05, 0.1) is 22.3 Å². The van der Waals surface area contributed by atoms with Gasteiger partial charge in [-0.15, -0.1) is 11.3 Å². The molecule has 3 rings (SSSR count). The van der Waals surface area contributed by atoms with E-state index in [0.717, 1.165) is 0 Å². The van der Waals surface area contributed by atoms with Gasteiger partial charge in [0.15, 0.2) is 0 Å². The van der Waals surface area contributed by atoms with E-state index in [2.05, 4.69) is 4.98 Å². The molecule has 2 aromatic carbocycles. The molecule has 0 spiro atoms. The van der Waals surface area contributed by atoms with Crippen LogP contribution in [0.5, 0.6) is 0 Å². The van der Waals surface area contributed by atoms with Gasteiger partial charge < -0.3 is 10.2 Å². The standard InChI is InChI=1S/C18H12FNO4S/c1-9-5-12(10-3-2-4-11(19)6-10)15(18(23)24)16(14(9)17(21)22)13-7-25-8-20-13/h2-8H,1H3,(H,21,22)(H,23,24). The molecule has 7 heteroatoms. The van der Waals surface area contributed by atoms with E-state index in [1.54, 1.807) is 18.4 Å². The average molecular weight is 357 g/mol. The number of rotatable bonds is 4. The molecule has 0 saturated heterocycles. The Kier molecular flexibility index (Phi) is 4.33. The van der Waals surface area contributed by atoms with Gasteiger partial charge in [0.2, 0.25) is 0 Å². The minimum atomic E-state index is -1.30. The highest BCUT2D eigenvalue weighted by Crippen LogP contribution is 2.37. The predicted octanol–water partition coefficient (Wildman–Crippen LogP) is 4.32. The highest BCUT2D eigenvalue weighted by Gasteiger charge is 2.27. The summed E-state index contributed by atoms with van der Waals surface area (Å²) < 4.78 is 13.6. The number of carboxylic acids is 2. The molecular weight excluding hydrogens is 345 g/mol. The van der Waals surface area contributed by atoms with Crippen molar-refractivity contribution in [3.8, 4) is 22.4 Å². The first kappa shape index (κ1) is 16.8. The van der Waals surface area contributed by atoms with Gasteiger partial charge in [0.25, 0.3) is 0 Å². The van der Waals surface area contributed by atoms with E-state index >= 15 is 0 Å². The van der Waals surface area contributed by atoms with Crippen LogP contribution >= 0.6 is 11.3 Å². The lowest BCUT2D eigenvalue weighted by molar-refractivity contribution is 0.0695. The van der Waals surface area contributed by atoms with Crippen LogP contribution in [0.3, 0.4) is 0 Å². The van der Waals surface area contributed by atoms with E-state index in [-0.39, 0.29) is 27.9 Å². The molecule has 0 amide bonds. The monoisotopic (exact) mass is 357 g/mol. The average Bonchev–Trinajstić information content (AvgIpc) is 3.07. The van der Waals surface area contributed by atoms with Crippen molar-refractivity contribution in [1.29, 1.82) is 0 Å². The first-order valence-electron chi connectivity index (χ1n) is 7.19. The van der Waals surface area contributed by atoms with Gasteiger partial charge in [-0.25, -0.2) is 19.0 Å². The second-order valence-electron chi connectivity index (χ2n) is 5.36. The molecule has 0 unspecified atom stereocenters. The molecule has 0 saturated carbocycles. The lowest BCUT2D eigenvalue weighted by Gasteiger charge is -2.16. The Labute approximate surface area is 146 Å². The number of carbonyl (C=O) groups is 2. The Hall–Kier alpha value is -3.06. The molecule has 1 aromatic heterocycles. The van der Waals surface area contributed by atoms with Crippen LogP contribution in [0.15, 0.2) is 41.2 Å². The van der Waals surface area contributed by atoms with Crippen LogP contribution in [-0.2, 0) is 0 Å². The predicted molar refractivity (Wildman–Crippen MR) is 91.6 cm³/mol. The molecule has 5 nitrogen and oxygen atoms in total. The number of thiazole rings is 1. The summed E-state index contributed by atoms with van der Waals surface area (Å²) >= 11 is 1.23. The Bertz CT molecular complexity index is 983. The van der Waals surface area contributed by atoms with Crippen molar-refractivity contribution in [3.05, 3.63) is 63.7 Å². The number of aromatic carboxylic acids is 2. The summed E-state index contributed by atoms with van der Waals surface area (Å²) in [6.45, 7) is 1.58. The van der Waals surface area contributed by atoms with E-state index in [9.17, 15) is 24.2 Å². The highest BCUT2D eigenvalue weighted by atomic mass is 32.1. The molecule has 0 radical (unpaired) electrons. The van der Waals surface area contributed by atoms with Crippen molar-refractivity contribution >= 4 is 23.3 Å². The first-order chi connectivity index (χ1) is 11.9. The molecule has 126 valence electrons. The van der Waals surface area contributed by atoms with E-state index in [4.69, 9.17) is 0 Å². The Morgan fingerprint density at radius 3 is 2.40 bits per heavy atom. The number of benzene rings is 2. The second-order valence-corrected chi connectivity index (χ2v) is 6.08. The molecule has 0 aliphatic rings. The number of aryl methyl sites for hydroxylation is 1. The quantitative estimate of drug-likeness (QED) is 0.726. The second kappa shape index (κ2) is 6.45. The van der Waals surface area contributed by atoms with E-state index < -0.39 is 17.8 Å². The zero-order chi connectivity index (χ0) is 18.1. The van der Waals surface area contributed by atoms with Gasteiger partial charge in [-0.2, -0.15) is 0 Å². The Balaban J connectivity index is 2.46. The summed E-state index contributed by atoms with van der Waals surface area (Å²) in [5, 5.41) is 20.9. The highest BCUT2D eigenvalue weighted by molar-refractivity contribution is 7.07. The van der Waals surface area contributed by atoms with Gasteiger partial charge in [-0.05, 0) is 41.8 Å². The lowest BCUT2D eigenvalue weighted by Crippen LogP contribution is -2.11. The molecule has 0 aliphatic carbocycles. The number of hydrogen-bond donors (Lipinski definition) is 2. The molecule has 0 fully saturated rings. The largest absolute Gasteiger partial charge is 0.478 e. The van der Waals surface area contributed by atoms with Gasteiger partial charge >= 0.3 is 11.9 Å². The van der Waals surface area contributed by atoms with Gasteiger partial charge in [-0.3, -0.25) is 0 Å². The summed E-state index contributed by atoms with van der Waals surface area (Å²) in [7, 11) is 0. The van der Waals surface area contributed by atoms with Crippen LogP contribution in [0.25, 0.3) is 22.4 Å². The maximum absolute atomic E-state index is 13.6. The fourth-order valence-corrected chi connectivity index (χ4v) is 3.33. The first-order valence-corrected chi connectivity index (χ1v) is 8.13. The number of hydrogen-bond acceptors (Lipinski definition) is 4. The van der Waals surface area contributed by atoms with Gasteiger partial charge in [0.1, 0.15) is 5.82 Å². The third-order valence-corrected chi connectivity index (χ3v) is 4.36. The summed E-state index contributed by atoms with van der Waals surface area (Å²) in [5.74, 6) is -3.05. The van der Waals surface area contributed by atoms with Crippen LogP contribution in [0.4, 0.5) is 4.39 Å². The minimum absolute atomic E-state index is 0.0283. The lowest BCUT2D eigenvalue weighted by atomic mass is 9.87. The molecule has 1 heterocycles. The maximum atomic E-state index is 13.6. The Morgan fingerprint density at radius 1 is 1.12 bits per heavy atom. The summed E-state index contributed by atoms with van der Waals surface area (Å²) in [6, 6.07) is 6.97. The van der Waals surface area contributed by atoms with Crippen molar-refractivity contribution < 1.29 is 24.2 Å². The van der Waals surface area contributed by atoms with E-state index in [0.29, 0.717) is 11.1 Å². The third-order valence-electron chi connectivity index (χ3n) is 3.78. The zero-order valence-electron chi connectivity index (χ0n) is 13.0. The number of nitrogens with zero attached hydrogens (tertiary/aromatic N) is 1. The number of aromatic nitrogens is 1. The normalized spacial score (nSPS) is 10.6. The molecule has 0 atom stereocenters. The molecule has 25 heavy (non-hydrogen) atoms. The van der Waals surface area contributed by atoms with E-state index in [1.807, 2.05) is 0 Å². The minimum Gasteiger partial charge on any atom is -0.478 e. The fourth-order valence-electron chi connectivity index (χ4n) is 2.79. The number of carboxylic acid groups (broad SMARTS) is 2. The summed E-state index contributed by atoms with van der Waals surface area (Å²) in [5.41, 5.74) is 2.44. The van der Waals surface area contributed by atoms with Crippen LogP contribution < -0.4 is 0 Å². The zero-order valence-corrected chi connectivity index (χ0v) is 13.8. The number of halogens is 1. The molecule has 3 aromatic rings. The van der Waals surface area contributed by atoms with Crippen molar-refractivity contribution in [2.24, 2.45) is 0 Å². The fraction of sp³-hybridized carbons (Fsp3) is 0.0556. The van der Waals surface area contributed by atoms with Crippen LogP contribution in [0.2, 0.25) is 0 Å². The Morgan fingerprint density at radius 2 is 1.84 bits per heavy atom. The SMILES string of the molecule is Cc1cc(-c2cccc(F)c2)c(C(=O)O)c(-c2cscn2)c1C(=O)O. The van der Waals surface area contributed by atoms with Gasteiger partial charge in [0, 0.05) is 10.9 Å². The maximum Gasteiger partial charge on any atom is 0.337 e. The van der Waals surface area contributed by atoms with Crippen molar-refractivity contribution in [3.63, 3.8) is 0 Å². The van der Waals surface area contributed by atoms with Crippen molar-refractivity contribution in [1.82, 2.24) is 4.98 Å². The summed E-state index contributed by atoms with van der Waals surface area (Å²) in [6.07, 6.45) is 0. The van der Waals surface area contributed by atoms with Crippen molar-refractivity contribution in [2.75, 3.05) is 0 Å². The topological polar surface area (TPSA) is 87.5 Å². The molecular formula is C18H12FNO4S. The smallest absolute Gasteiger partial charge is 0.337 e.